The third-order valence-corrected chi connectivity index (χ3v) is 2.16. The van der Waals surface area contributed by atoms with Gasteiger partial charge in [-0.1, -0.05) is 30.3 Å². The summed E-state index contributed by atoms with van der Waals surface area (Å²) in [5.74, 6) is -0.372. The molecule has 1 aromatic carbocycles. The zero-order valence-electron chi connectivity index (χ0n) is 10.2. The van der Waals surface area contributed by atoms with Crippen LogP contribution in [0.25, 0.3) is 0 Å². The predicted molar refractivity (Wildman–Crippen MR) is 66.9 cm³/mol. The molecule has 0 aromatic heterocycles. The van der Waals surface area contributed by atoms with Crippen LogP contribution in [0.3, 0.4) is 0 Å². The molecule has 0 heterocycles. The lowest BCUT2D eigenvalue weighted by Gasteiger charge is -2.13. The molecule has 0 amide bonds. The highest BCUT2D eigenvalue weighted by molar-refractivity contribution is 5.66. The Morgan fingerprint density at radius 2 is 2.06 bits per heavy atom. The van der Waals surface area contributed by atoms with E-state index in [1.165, 1.54) is 13.0 Å². The Labute approximate surface area is 106 Å². The first-order chi connectivity index (χ1) is 8.72. The molecular weight excluding hydrogens is 232 g/mol. The lowest BCUT2D eigenvalue weighted by atomic mass is 10.2. The van der Waals surface area contributed by atoms with E-state index in [1.807, 2.05) is 30.3 Å². The Hall–Kier alpha value is -1.94. The van der Waals surface area contributed by atoms with Gasteiger partial charge in [0, 0.05) is 6.92 Å². The number of hydrogen-bond acceptors (Lipinski definition) is 4. The van der Waals surface area contributed by atoms with E-state index in [2.05, 4.69) is 0 Å². The predicted octanol–water partition coefficient (Wildman–Crippen LogP) is 1.89. The number of allylic oxidation sites excluding steroid dienone is 1. The molecule has 0 unspecified atom stereocenters. The van der Waals surface area contributed by atoms with Crippen molar-refractivity contribution in [3.63, 3.8) is 0 Å². The summed E-state index contributed by atoms with van der Waals surface area (Å²) in [7, 11) is 0. The van der Waals surface area contributed by atoms with Crippen molar-refractivity contribution in [3.05, 3.63) is 48.0 Å². The Morgan fingerprint density at radius 3 is 2.67 bits per heavy atom. The van der Waals surface area contributed by atoms with Gasteiger partial charge in [-0.05, 0) is 17.7 Å². The van der Waals surface area contributed by atoms with Gasteiger partial charge in [0.25, 0.3) is 0 Å². The highest BCUT2D eigenvalue weighted by Gasteiger charge is 2.07. The zero-order valence-corrected chi connectivity index (χ0v) is 10.2. The molecule has 1 rings (SSSR count). The number of carbonyl (C=O) groups is 2. The van der Waals surface area contributed by atoms with E-state index >= 15 is 0 Å². The molecule has 0 aliphatic rings. The van der Waals surface area contributed by atoms with E-state index in [1.54, 1.807) is 6.08 Å². The number of hydrogen-bond donors (Lipinski definition) is 0. The third-order valence-electron chi connectivity index (χ3n) is 2.16. The molecule has 0 radical (unpaired) electrons. The number of aldehydes is 1. The standard InChI is InChI=1S/C14H16O4/c1-12(16)17-11-14(8-5-9-15)18-10-13-6-3-2-4-7-13/h2-9,14H,10-11H2,1H3/b8-5+/t14-/m0/s1. The normalized spacial score (nSPS) is 12.3. The average Bonchev–Trinajstić information content (AvgIpc) is 2.39. The van der Waals surface area contributed by atoms with Gasteiger partial charge in [-0.15, -0.1) is 0 Å². The Morgan fingerprint density at radius 1 is 1.33 bits per heavy atom. The van der Waals surface area contributed by atoms with Crippen molar-refractivity contribution in [2.24, 2.45) is 0 Å². The van der Waals surface area contributed by atoms with Crippen LogP contribution in [0.15, 0.2) is 42.5 Å². The van der Waals surface area contributed by atoms with Gasteiger partial charge >= 0.3 is 5.97 Å². The largest absolute Gasteiger partial charge is 0.463 e. The van der Waals surface area contributed by atoms with Gasteiger partial charge in [0.15, 0.2) is 0 Å². The number of carbonyl (C=O) groups excluding carboxylic acids is 2. The Kier molecular flexibility index (Phi) is 6.43. The van der Waals surface area contributed by atoms with E-state index in [4.69, 9.17) is 9.47 Å². The van der Waals surface area contributed by atoms with Crippen molar-refractivity contribution in [3.8, 4) is 0 Å². The second-order valence-electron chi connectivity index (χ2n) is 3.66. The molecule has 0 fully saturated rings. The maximum atomic E-state index is 10.7. The van der Waals surface area contributed by atoms with E-state index < -0.39 is 6.10 Å². The fourth-order valence-electron chi connectivity index (χ4n) is 1.31. The molecule has 4 heteroatoms. The van der Waals surface area contributed by atoms with E-state index in [-0.39, 0.29) is 12.6 Å². The molecule has 0 bridgehead atoms. The zero-order chi connectivity index (χ0) is 13.2. The minimum Gasteiger partial charge on any atom is -0.463 e. The molecule has 18 heavy (non-hydrogen) atoms. The van der Waals surface area contributed by atoms with Crippen molar-refractivity contribution in [1.29, 1.82) is 0 Å². The van der Waals surface area contributed by atoms with Gasteiger partial charge in [0.05, 0.1) is 6.61 Å². The number of esters is 1. The van der Waals surface area contributed by atoms with Crippen LogP contribution >= 0.6 is 0 Å². The van der Waals surface area contributed by atoms with Crippen molar-refractivity contribution < 1.29 is 19.1 Å². The summed E-state index contributed by atoms with van der Waals surface area (Å²) in [5.41, 5.74) is 1.02. The van der Waals surface area contributed by atoms with Crippen molar-refractivity contribution in [2.75, 3.05) is 6.61 Å². The summed E-state index contributed by atoms with van der Waals surface area (Å²) in [5, 5.41) is 0. The van der Waals surface area contributed by atoms with Gasteiger partial charge in [0.2, 0.25) is 0 Å². The first-order valence-corrected chi connectivity index (χ1v) is 5.63. The van der Waals surface area contributed by atoms with Crippen LogP contribution in [0.1, 0.15) is 12.5 Å². The fourth-order valence-corrected chi connectivity index (χ4v) is 1.31. The molecule has 96 valence electrons. The van der Waals surface area contributed by atoms with E-state index in [0.29, 0.717) is 12.9 Å². The van der Waals surface area contributed by atoms with Crippen molar-refractivity contribution in [2.45, 2.75) is 19.6 Å². The highest BCUT2D eigenvalue weighted by atomic mass is 16.6. The second kappa shape index (κ2) is 8.20. The minimum absolute atomic E-state index is 0.104. The van der Waals surface area contributed by atoms with Gasteiger partial charge < -0.3 is 9.47 Å². The lowest BCUT2D eigenvalue weighted by Crippen LogP contribution is -2.19. The second-order valence-corrected chi connectivity index (χ2v) is 3.66. The van der Waals surface area contributed by atoms with Crippen LogP contribution in [-0.2, 0) is 25.7 Å². The molecule has 0 saturated heterocycles. The molecule has 0 aliphatic heterocycles. The topological polar surface area (TPSA) is 52.6 Å². The maximum absolute atomic E-state index is 10.7. The first-order valence-electron chi connectivity index (χ1n) is 5.63. The Balaban J connectivity index is 2.47. The van der Waals surface area contributed by atoms with Crippen LogP contribution in [0.4, 0.5) is 0 Å². The van der Waals surface area contributed by atoms with E-state index in [9.17, 15) is 9.59 Å². The number of benzene rings is 1. The molecule has 1 atom stereocenters. The summed E-state index contributed by atoms with van der Waals surface area (Å²) in [6.45, 7) is 1.83. The molecular formula is C14H16O4. The van der Waals surface area contributed by atoms with Gasteiger partial charge in [-0.2, -0.15) is 0 Å². The third kappa shape index (κ3) is 5.96. The molecule has 0 aliphatic carbocycles. The van der Waals surface area contributed by atoms with Gasteiger partial charge in [-0.25, -0.2) is 0 Å². The summed E-state index contributed by atoms with van der Waals surface area (Å²) in [4.78, 5) is 21.0. The maximum Gasteiger partial charge on any atom is 0.302 e. The summed E-state index contributed by atoms with van der Waals surface area (Å²) >= 11 is 0. The average molecular weight is 248 g/mol. The van der Waals surface area contributed by atoms with Gasteiger partial charge in [0.1, 0.15) is 19.0 Å². The number of rotatable bonds is 7. The molecule has 1 aromatic rings. The van der Waals surface area contributed by atoms with E-state index in [0.717, 1.165) is 5.56 Å². The van der Waals surface area contributed by atoms with Gasteiger partial charge in [-0.3, -0.25) is 9.59 Å². The first kappa shape index (κ1) is 14.1. The molecule has 4 nitrogen and oxygen atoms in total. The van der Waals surface area contributed by atoms with Crippen molar-refractivity contribution in [1.82, 2.24) is 0 Å². The SMILES string of the molecule is CC(=O)OC[C@H](/C=C/C=O)OCc1ccccc1. The van der Waals surface area contributed by atoms with Crippen molar-refractivity contribution >= 4 is 12.3 Å². The minimum atomic E-state index is -0.417. The van der Waals surface area contributed by atoms with Crippen LogP contribution in [-0.4, -0.2) is 25.0 Å². The smallest absolute Gasteiger partial charge is 0.302 e. The van der Waals surface area contributed by atoms with Crippen LogP contribution in [0.2, 0.25) is 0 Å². The Bertz CT molecular complexity index is 398. The quantitative estimate of drug-likeness (QED) is 0.420. The monoisotopic (exact) mass is 248 g/mol. The van der Waals surface area contributed by atoms with Crippen LogP contribution in [0.5, 0.6) is 0 Å². The fraction of sp³-hybridized carbons (Fsp3) is 0.286. The summed E-state index contributed by atoms with van der Waals surface area (Å²) in [6, 6.07) is 9.63. The van der Waals surface area contributed by atoms with Crippen LogP contribution in [0, 0.1) is 0 Å². The summed E-state index contributed by atoms with van der Waals surface area (Å²) < 4.78 is 10.4. The van der Waals surface area contributed by atoms with Crippen LogP contribution < -0.4 is 0 Å². The summed E-state index contributed by atoms with van der Waals surface area (Å²) in [6.07, 6.45) is 3.14. The molecule has 0 N–H and O–H groups in total. The molecule has 0 spiro atoms. The number of ether oxygens (including phenoxy) is 2. The lowest BCUT2D eigenvalue weighted by molar-refractivity contribution is -0.144. The molecule has 0 saturated carbocycles. The highest BCUT2D eigenvalue weighted by Crippen LogP contribution is 2.05.